The molecule has 1 atom stereocenters. The van der Waals surface area contributed by atoms with Gasteiger partial charge in [0.15, 0.2) is 0 Å². The molecule has 1 amide bonds. The van der Waals surface area contributed by atoms with E-state index in [0.29, 0.717) is 17.5 Å². The SMILES string of the molecule is COCCCC(NC(=O)c1cc(Br)ccc1O)C(=O)O. The van der Waals surface area contributed by atoms with Crippen molar-refractivity contribution in [3.63, 3.8) is 0 Å². The Morgan fingerprint density at radius 3 is 2.75 bits per heavy atom. The van der Waals surface area contributed by atoms with Gasteiger partial charge in [0.1, 0.15) is 11.8 Å². The maximum Gasteiger partial charge on any atom is 0.326 e. The maximum absolute atomic E-state index is 12.0. The number of aliphatic carboxylic acids is 1. The third-order valence-corrected chi connectivity index (χ3v) is 3.14. The quantitative estimate of drug-likeness (QED) is 0.654. The maximum atomic E-state index is 12.0. The predicted molar refractivity (Wildman–Crippen MR) is 75.8 cm³/mol. The van der Waals surface area contributed by atoms with E-state index in [1.807, 2.05) is 0 Å². The standard InChI is InChI=1S/C13H16BrNO5/c1-20-6-2-3-10(13(18)19)15-12(17)9-7-8(14)4-5-11(9)16/h4-5,7,10,16H,2-3,6H2,1H3,(H,15,17)(H,18,19). The Hall–Kier alpha value is -1.60. The molecule has 3 N–H and O–H groups in total. The van der Waals surface area contributed by atoms with E-state index in [-0.39, 0.29) is 17.7 Å². The highest BCUT2D eigenvalue weighted by atomic mass is 79.9. The number of benzene rings is 1. The third kappa shape index (κ3) is 4.82. The summed E-state index contributed by atoms with van der Waals surface area (Å²) < 4.78 is 5.46. The van der Waals surface area contributed by atoms with Crippen LogP contribution >= 0.6 is 15.9 Å². The van der Waals surface area contributed by atoms with E-state index in [1.54, 1.807) is 6.07 Å². The molecule has 6 nitrogen and oxygen atoms in total. The highest BCUT2D eigenvalue weighted by molar-refractivity contribution is 9.10. The molecule has 0 aliphatic heterocycles. The smallest absolute Gasteiger partial charge is 0.326 e. The zero-order chi connectivity index (χ0) is 15.1. The van der Waals surface area contributed by atoms with Crippen molar-refractivity contribution in [1.29, 1.82) is 0 Å². The summed E-state index contributed by atoms with van der Waals surface area (Å²) >= 11 is 3.19. The summed E-state index contributed by atoms with van der Waals surface area (Å²) in [6, 6.07) is 3.36. The molecule has 0 fully saturated rings. The van der Waals surface area contributed by atoms with Crippen molar-refractivity contribution >= 4 is 27.8 Å². The molecule has 0 spiro atoms. The fourth-order valence-electron chi connectivity index (χ4n) is 1.62. The minimum absolute atomic E-state index is 0.0253. The first-order valence-electron chi connectivity index (χ1n) is 5.96. The number of aromatic hydroxyl groups is 1. The lowest BCUT2D eigenvalue weighted by Crippen LogP contribution is -2.40. The summed E-state index contributed by atoms with van der Waals surface area (Å²) in [4.78, 5) is 23.1. The number of nitrogens with one attached hydrogen (secondary N) is 1. The van der Waals surface area contributed by atoms with Gasteiger partial charge in [0.05, 0.1) is 5.56 Å². The first-order valence-corrected chi connectivity index (χ1v) is 6.76. The van der Waals surface area contributed by atoms with Crippen molar-refractivity contribution in [2.75, 3.05) is 13.7 Å². The van der Waals surface area contributed by atoms with Gasteiger partial charge in [-0.15, -0.1) is 0 Å². The second-order valence-electron chi connectivity index (χ2n) is 4.16. The van der Waals surface area contributed by atoms with Gasteiger partial charge in [-0.3, -0.25) is 4.79 Å². The van der Waals surface area contributed by atoms with E-state index in [4.69, 9.17) is 9.84 Å². The minimum Gasteiger partial charge on any atom is -0.507 e. The number of methoxy groups -OCH3 is 1. The molecular formula is C13H16BrNO5. The summed E-state index contributed by atoms with van der Waals surface area (Å²) in [7, 11) is 1.52. The molecule has 1 aromatic carbocycles. The van der Waals surface area contributed by atoms with Gasteiger partial charge < -0.3 is 20.3 Å². The largest absolute Gasteiger partial charge is 0.507 e. The average molecular weight is 346 g/mol. The van der Waals surface area contributed by atoms with E-state index in [9.17, 15) is 14.7 Å². The number of ether oxygens (including phenoxy) is 1. The zero-order valence-corrected chi connectivity index (χ0v) is 12.5. The first kappa shape index (κ1) is 16.5. The van der Waals surface area contributed by atoms with Crippen LogP contribution in [0.1, 0.15) is 23.2 Å². The normalized spacial score (nSPS) is 11.9. The number of carbonyl (C=O) groups is 2. The number of rotatable bonds is 7. The van der Waals surface area contributed by atoms with E-state index in [1.165, 1.54) is 19.2 Å². The second kappa shape index (κ2) is 7.86. The topological polar surface area (TPSA) is 95.9 Å². The average Bonchev–Trinajstić information content (AvgIpc) is 2.40. The zero-order valence-electron chi connectivity index (χ0n) is 10.9. The number of hydrogen-bond acceptors (Lipinski definition) is 4. The monoisotopic (exact) mass is 345 g/mol. The van der Waals surface area contributed by atoms with Crippen LogP contribution in [0, 0.1) is 0 Å². The molecule has 20 heavy (non-hydrogen) atoms. The summed E-state index contributed by atoms with van der Waals surface area (Å²) in [6.07, 6.45) is 0.766. The Balaban J connectivity index is 2.75. The van der Waals surface area contributed by atoms with Crippen LogP contribution in [0.15, 0.2) is 22.7 Å². The fraction of sp³-hybridized carbons (Fsp3) is 0.385. The van der Waals surface area contributed by atoms with Crippen LogP contribution in [-0.4, -0.2) is 41.8 Å². The van der Waals surface area contributed by atoms with Crippen LogP contribution in [0.25, 0.3) is 0 Å². The van der Waals surface area contributed by atoms with Gasteiger partial charge in [-0.1, -0.05) is 15.9 Å². The van der Waals surface area contributed by atoms with Crippen molar-refractivity contribution in [1.82, 2.24) is 5.32 Å². The molecule has 1 unspecified atom stereocenters. The van der Waals surface area contributed by atoms with Crippen molar-refractivity contribution in [3.05, 3.63) is 28.2 Å². The highest BCUT2D eigenvalue weighted by Gasteiger charge is 2.21. The molecule has 0 bridgehead atoms. The molecule has 110 valence electrons. The Labute approximate surface area is 124 Å². The van der Waals surface area contributed by atoms with Crippen LogP contribution < -0.4 is 5.32 Å². The van der Waals surface area contributed by atoms with E-state index >= 15 is 0 Å². The predicted octanol–water partition coefficient (Wildman–Crippen LogP) is 1.76. The van der Waals surface area contributed by atoms with Gasteiger partial charge in [-0.25, -0.2) is 4.79 Å². The minimum atomic E-state index is -1.12. The summed E-state index contributed by atoms with van der Waals surface area (Å²) in [5.41, 5.74) is 0.0253. The molecule has 0 saturated carbocycles. The van der Waals surface area contributed by atoms with Crippen LogP contribution in [0.2, 0.25) is 0 Å². The van der Waals surface area contributed by atoms with Crippen molar-refractivity contribution < 1.29 is 24.5 Å². The Kier molecular flexibility index (Phi) is 6.47. The van der Waals surface area contributed by atoms with Crippen LogP contribution in [0.3, 0.4) is 0 Å². The number of phenolic OH excluding ortho intramolecular Hbond substituents is 1. The lowest BCUT2D eigenvalue weighted by Gasteiger charge is -2.15. The van der Waals surface area contributed by atoms with E-state index in [0.717, 1.165) is 0 Å². The lowest BCUT2D eigenvalue weighted by atomic mass is 10.1. The van der Waals surface area contributed by atoms with Gasteiger partial charge in [0.2, 0.25) is 0 Å². The number of carbonyl (C=O) groups excluding carboxylic acids is 1. The van der Waals surface area contributed by atoms with E-state index in [2.05, 4.69) is 21.2 Å². The molecule has 1 rings (SSSR count). The summed E-state index contributed by atoms with van der Waals surface area (Å²) in [6.45, 7) is 0.418. The number of amides is 1. The number of carboxylic acid groups (broad SMARTS) is 1. The first-order chi connectivity index (χ1) is 9.45. The lowest BCUT2D eigenvalue weighted by molar-refractivity contribution is -0.139. The van der Waals surface area contributed by atoms with Crippen molar-refractivity contribution in [2.45, 2.75) is 18.9 Å². The fourth-order valence-corrected chi connectivity index (χ4v) is 1.98. The van der Waals surface area contributed by atoms with Gasteiger partial charge in [-0.05, 0) is 31.0 Å². The molecule has 0 aliphatic rings. The third-order valence-electron chi connectivity index (χ3n) is 2.65. The number of halogens is 1. The second-order valence-corrected chi connectivity index (χ2v) is 5.08. The van der Waals surface area contributed by atoms with Crippen molar-refractivity contribution in [2.24, 2.45) is 0 Å². The Bertz CT molecular complexity index is 492. The molecule has 0 saturated heterocycles. The summed E-state index contributed by atoms with van der Waals surface area (Å²) in [5.74, 6) is -1.95. The Morgan fingerprint density at radius 2 is 2.15 bits per heavy atom. The molecule has 0 heterocycles. The Morgan fingerprint density at radius 1 is 1.45 bits per heavy atom. The molecule has 0 aromatic heterocycles. The molecule has 0 aliphatic carbocycles. The van der Waals surface area contributed by atoms with E-state index < -0.39 is 17.9 Å². The number of phenols is 1. The molecule has 7 heteroatoms. The van der Waals surface area contributed by atoms with Gasteiger partial charge in [0.25, 0.3) is 5.91 Å². The summed E-state index contributed by atoms with van der Waals surface area (Å²) in [5, 5.41) is 21.1. The van der Waals surface area contributed by atoms with Gasteiger partial charge >= 0.3 is 5.97 Å². The molecule has 1 aromatic rings. The van der Waals surface area contributed by atoms with Crippen LogP contribution in [0.4, 0.5) is 0 Å². The number of hydrogen-bond donors (Lipinski definition) is 3. The van der Waals surface area contributed by atoms with Crippen molar-refractivity contribution in [3.8, 4) is 5.75 Å². The van der Waals surface area contributed by atoms with Gasteiger partial charge in [-0.2, -0.15) is 0 Å². The van der Waals surface area contributed by atoms with Gasteiger partial charge in [0, 0.05) is 18.2 Å². The molecule has 0 radical (unpaired) electrons. The number of carboxylic acids is 1. The highest BCUT2D eigenvalue weighted by Crippen LogP contribution is 2.21. The van der Waals surface area contributed by atoms with Crippen LogP contribution in [0.5, 0.6) is 5.75 Å². The van der Waals surface area contributed by atoms with Crippen LogP contribution in [-0.2, 0) is 9.53 Å². The molecular weight excluding hydrogens is 330 g/mol.